The molecule has 0 amide bonds. The molecule has 1 aliphatic heterocycles. The van der Waals surface area contributed by atoms with E-state index in [-0.39, 0.29) is 6.61 Å². The summed E-state index contributed by atoms with van der Waals surface area (Å²) in [5.74, 6) is 0. The van der Waals surface area contributed by atoms with Crippen molar-refractivity contribution in [3.63, 3.8) is 0 Å². The molecular weight excluding hydrogens is 318 g/mol. The molecular formula is C14H19N5O3S. The second-order valence-corrected chi connectivity index (χ2v) is 7.50. The lowest BCUT2D eigenvalue weighted by Crippen LogP contribution is -2.41. The molecule has 0 saturated carbocycles. The summed E-state index contributed by atoms with van der Waals surface area (Å²) >= 11 is 0. The van der Waals surface area contributed by atoms with Crippen LogP contribution in [0.1, 0.15) is 23.0 Å². The third kappa shape index (κ3) is 3.41. The molecule has 1 aliphatic rings. The molecule has 0 aliphatic carbocycles. The highest BCUT2D eigenvalue weighted by Crippen LogP contribution is 2.30. The third-order valence-corrected chi connectivity index (χ3v) is 5.19. The van der Waals surface area contributed by atoms with E-state index in [1.54, 1.807) is 17.1 Å². The molecule has 8 nitrogen and oxygen atoms in total. The number of aromatic nitrogens is 4. The zero-order valence-corrected chi connectivity index (χ0v) is 13.9. The number of hydrogen-bond acceptors (Lipinski definition) is 6. The van der Waals surface area contributed by atoms with Crippen LogP contribution in [0.4, 0.5) is 0 Å². The maximum absolute atomic E-state index is 12.1. The van der Waals surface area contributed by atoms with E-state index in [2.05, 4.69) is 15.3 Å². The molecule has 0 bridgehead atoms. The number of nitrogens with zero attached hydrogens (tertiary/aromatic N) is 5. The van der Waals surface area contributed by atoms with E-state index in [1.165, 1.54) is 10.6 Å². The number of fused-ring (bicyclic) bond motifs is 1. The van der Waals surface area contributed by atoms with Gasteiger partial charge in [-0.05, 0) is 11.6 Å². The third-order valence-electron chi connectivity index (χ3n) is 3.90. The van der Waals surface area contributed by atoms with Crippen LogP contribution in [0.15, 0.2) is 24.5 Å². The molecule has 0 radical (unpaired) electrons. The van der Waals surface area contributed by atoms with Crippen LogP contribution in [0.5, 0.6) is 0 Å². The van der Waals surface area contributed by atoms with Gasteiger partial charge in [-0.25, -0.2) is 8.42 Å². The van der Waals surface area contributed by atoms with E-state index in [0.717, 1.165) is 11.3 Å². The number of rotatable bonds is 5. The molecule has 3 rings (SSSR count). The second-order valence-electron chi connectivity index (χ2n) is 5.56. The Morgan fingerprint density at radius 1 is 1.43 bits per heavy atom. The fourth-order valence-corrected chi connectivity index (χ4v) is 3.83. The van der Waals surface area contributed by atoms with Gasteiger partial charge in [0.25, 0.3) is 0 Å². The SMILES string of the molecule is Cn1nnc2c1CCN(S(C)(=O)=O)C2COCc1cccnc1. The molecule has 0 N–H and O–H groups in total. The van der Waals surface area contributed by atoms with Crippen molar-refractivity contribution in [2.75, 3.05) is 19.4 Å². The van der Waals surface area contributed by atoms with Crippen LogP contribution in [0.2, 0.25) is 0 Å². The number of hydrogen-bond donors (Lipinski definition) is 0. The van der Waals surface area contributed by atoms with Crippen molar-refractivity contribution in [1.82, 2.24) is 24.3 Å². The van der Waals surface area contributed by atoms with Gasteiger partial charge >= 0.3 is 0 Å². The van der Waals surface area contributed by atoms with Gasteiger partial charge < -0.3 is 4.74 Å². The number of aryl methyl sites for hydroxylation is 1. The van der Waals surface area contributed by atoms with Crippen molar-refractivity contribution in [3.8, 4) is 0 Å². The summed E-state index contributed by atoms with van der Waals surface area (Å²) in [4.78, 5) is 4.03. The van der Waals surface area contributed by atoms with Crippen LogP contribution in [-0.2, 0) is 34.8 Å². The largest absolute Gasteiger partial charge is 0.375 e. The molecule has 0 aromatic carbocycles. The van der Waals surface area contributed by atoms with Gasteiger partial charge in [0.15, 0.2) is 0 Å². The van der Waals surface area contributed by atoms with Crippen LogP contribution < -0.4 is 0 Å². The average Bonchev–Trinajstić information content (AvgIpc) is 2.89. The fourth-order valence-electron chi connectivity index (χ4n) is 2.78. The van der Waals surface area contributed by atoms with Gasteiger partial charge in [0.2, 0.25) is 10.0 Å². The lowest BCUT2D eigenvalue weighted by atomic mass is 10.1. The van der Waals surface area contributed by atoms with Gasteiger partial charge in [-0.15, -0.1) is 5.10 Å². The zero-order chi connectivity index (χ0) is 16.4. The Labute approximate surface area is 135 Å². The van der Waals surface area contributed by atoms with Gasteiger partial charge in [-0.1, -0.05) is 11.3 Å². The Morgan fingerprint density at radius 2 is 2.26 bits per heavy atom. The fraction of sp³-hybridized carbons (Fsp3) is 0.500. The maximum Gasteiger partial charge on any atom is 0.211 e. The molecule has 2 aromatic rings. The Kier molecular flexibility index (Phi) is 4.42. The number of ether oxygens (including phenoxy) is 1. The van der Waals surface area contributed by atoms with Crippen molar-refractivity contribution < 1.29 is 13.2 Å². The topological polar surface area (TPSA) is 90.2 Å². The number of sulfonamides is 1. The molecule has 0 spiro atoms. The standard InChI is InChI=1S/C14H19N5O3S/c1-18-12-5-7-19(23(2,20)21)13(14(12)16-17-18)10-22-9-11-4-3-6-15-8-11/h3-4,6,8,13H,5,7,9-10H2,1-2H3. The average molecular weight is 337 g/mol. The van der Waals surface area contributed by atoms with Gasteiger partial charge in [0.05, 0.1) is 31.2 Å². The van der Waals surface area contributed by atoms with E-state index in [9.17, 15) is 8.42 Å². The maximum atomic E-state index is 12.1. The van der Waals surface area contributed by atoms with Gasteiger partial charge in [0.1, 0.15) is 5.69 Å². The van der Waals surface area contributed by atoms with Crippen molar-refractivity contribution >= 4 is 10.0 Å². The van der Waals surface area contributed by atoms with Crippen LogP contribution in [0.3, 0.4) is 0 Å². The minimum absolute atomic E-state index is 0.230. The Hall–Kier alpha value is -1.84. The zero-order valence-electron chi connectivity index (χ0n) is 13.1. The summed E-state index contributed by atoms with van der Waals surface area (Å²) in [6.07, 6.45) is 5.23. The summed E-state index contributed by atoms with van der Waals surface area (Å²) < 4.78 is 33.0. The smallest absolute Gasteiger partial charge is 0.211 e. The van der Waals surface area contributed by atoms with Gasteiger partial charge in [-0.2, -0.15) is 4.31 Å². The van der Waals surface area contributed by atoms with Gasteiger partial charge in [0, 0.05) is 32.4 Å². The van der Waals surface area contributed by atoms with Gasteiger partial charge in [-0.3, -0.25) is 9.67 Å². The summed E-state index contributed by atoms with van der Waals surface area (Å²) in [5, 5.41) is 8.15. The van der Waals surface area contributed by atoms with Crippen molar-refractivity contribution in [1.29, 1.82) is 0 Å². The quantitative estimate of drug-likeness (QED) is 0.779. The molecule has 0 fully saturated rings. The minimum atomic E-state index is -3.34. The van der Waals surface area contributed by atoms with Crippen LogP contribution in [0.25, 0.3) is 0 Å². The van der Waals surface area contributed by atoms with E-state index >= 15 is 0 Å². The molecule has 3 heterocycles. The van der Waals surface area contributed by atoms with E-state index in [4.69, 9.17) is 4.74 Å². The highest BCUT2D eigenvalue weighted by molar-refractivity contribution is 7.88. The molecule has 23 heavy (non-hydrogen) atoms. The van der Waals surface area contributed by atoms with Crippen molar-refractivity contribution in [2.45, 2.75) is 19.1 Å². The molecule has 2 aromatic heterocycles. The second kappa shape index (κ2) is 6.34. The first-order valence-corrected chi connectivity index (χ1v) is 9.13. The molecule has 0 saturated heterocycles. The minimum Gasteiger partial charge on any atom is -0.375 e. The highest BCUT2D eigenvalue weighted by Gasteiger charge is 2.36. The van der Waals surface area contributed by atoms with Crippen LogP contribution in [0, 0.1) is 0 Å². The summed E-state index contributed by atoms with van der Waals surface area (Å²) in [7, 11) is -1.52. The first-order valence-electron chi connectivity index (χ1n) is 7.28. The van der Waals surface area contributed by atoms with E-state index in [0.29, 0.717) is 25.3 Å². The Balaban J connectivity index is 1.78. The molecule has 1 atom stereocenters. The molecule has 1 unspecified atom stereocenters. The molecule has 9 heteroatoms. The molecule has 124 valence electrons. The summed E-state index contributed by atoms with van der Waals surface area (Å²) in [6, 6.07) is 3.30. The lowest BCUT2D eigenvalue weighted by Gasteiger charge is -2.32. The lowest BCUT2D eigenvalue weighted by molar-refractivity contribution is 0.0721. The predicted octanol–water partition coefficient (Wildman–Crippen LogP) is 0.286. The van der Waals surface area contributed by atoms with E-state index in [1.807, 2.05) is 19.2 Å². The predicted molar refractivity (Wildman–Crippen MR) is 82.9 cm³/mol. The highest BCUT2D eigenvalue weighted by atomic mass is 32.2. The first-order chi connectivity index (χ1) is 11.0. The normalized spacial score (nSPS) is 18.8. The van der Waals surface area contributed by atoms with E-state index < -0.39 is 16.1 Å². The Bertz CT molecular complexity index is 775. The number of pyridine rings is 1. The van der Waals surface area contributed by atoms with Crippen LogP contribution >= 0.6 is 0 Å². The first kappa shape index (κ1) is 16.0. The van der Waals surface area contributed by atoms with Crippen molar-refractivity contribution in [2.24, 2.45) is 7.05 Å². The monoisotopic (exact) mass is 337 g/mol. The van der Waals surface area contributed by atoms with Crippen molar-refractivity contribution in [3.05, 3.63) is 41.5 Å². The summed E-state index contributed by atoms with van der Waals surface area (Å²) in [6.45, 7) is 1.01. The Morgan fingerprint density at radius 3 is 2.96 bits per heavy atom. The van der Waals surface area contributed by atoms with Crippen LogP contribution in [-0.4, -0.2) is 52.1 Å². The summed E-state index contributed by atoms with van der Waals surface area (Å²) in [5.41, 5.74) is 2.57.